The van der Waals surface area contributed by atoms with E-state index in [9.17, 15) is 14.4 Å². The average Bonchev–Trinajstić information content (AvgIpc) is 3.30. The monoisotopic (exact) mass is 479 g/mol. The summed E-state index contributed by atoms with van der Waals surface area (Å²) in [5, 5.41) is 8.90. The molecule has 174 valence electrons. The van der Waals surface area contributed by atoms with E-state index >= 15 is 0 Å². The van der Waals surface area contributed by atoms with E-state index in [4.69, 9.17) is 21.1 Å². The van der Waals surface area contributed by atoms with Crippen molar-refractivity contribution in [2.24, 2.45) is 0 Å². The lowest BCUT2D eigenvalue weighted by molar-refractivity contribution is -0.116. The molecular weight excluding hydrogens is 458 g/mol. The second-order valence-electron chi connectivity index (χ2n) is 7.48. The number of para-hydroxylation sites is 1. The summed E-state index contributed by atoms with van der Waals surface area (Å²) in [5.74, 6) is 0.314. The van der Waals surface area contributed by atoms with E-state index in [-0.39, 0.29) is 30.9 Å². The number of anilines is 2. The van der Waals surface area contributed by atoms with Gasteiger partial charge in [-0.3, -0.25) is 14.4 Å². The number of hydrogen-bond acceptors (Lipinski definition) is 5. The zero-order valence-corrected chi connectivity index (χ0v) is 18.9. The Hall–Kier alpha value is -4.04. The molecule has 3 aromatic carbocycles. The molecule has 4 rings (SSSR count). The number of carbonyl (C=O) groups is 3. The molecule has 1 heterocycles. The molecule has 0 saturated heterocycles. The lowest BCUT2D eigenvalue weighted by atomic mass is 10.1. The van der Waals surface area contributed by atoms with Gasteiger partial charge >= 0.3 is 0 Å². The molecule has 0 aliphatic carbocycles. The number of rotatable bonds is 8. The Balaban J connectivity index is 1.28. The lowest BCUT2D eigenvalue weighted by Crippen LogP contribution is -2.25. The van der Waals surface area contributed by atoms with Crippen molar-refractivity contribution in [2.75, 3.05) is 24.0 Å². The van der Waals surface area contributed by atoms with Crippen LogP contribution >= 0.6 is 11.6 Å². The molecule has 0 bridgehead atoms. The summed E-state index contributed by atoms with van der Waals surface area (Å²) >= 11 is 5.82. The average molecular weight is 480 g/mol. The van der Waals surface area contributed by atoms with Crippen LogP contribution in [0.3, 0.4) is 0 Å². The Kier molecular flexibility index (Phi) is 7.29. The third kappa shape index (κ3) is 5.85. The van der Waals surface area contributed by atoms with E-state index in [1.54, 1.807) is 66.7 Å². The molecule has 0 atom stereocenters. The Labute approximate surface area is 201 Å². The summed E-state index contributed by atoms with van der Waals surface area (Å²) in [7, 11) is 0. The molecule has 0 spiro atoms. The molecule has 0 saturated carbocycles. The summed E-state index contributed by atoms with van der Waals surface area (Å²) in [6, 6.07) is 18.4. The molecule has 34 heavy (non-hydrogen) atoms. The highest BCUT2D eigenvalue weighted by atomic mass is 35.5. The number of hydrogen-bond donors (Lipinski definition) is 3. The Morgan fingerprint density at radius 3 is 2.44 bits per heavy atom. The predicted molar refractivity (Wildman–Crippen MR) is 129 cm³/mol. The smallest absolute Gasteiger partial charge is 0.257 e. The van der Waals surface area contributed by atoms with Crippen LogP contribution in [-0.4, -0.2) is 31.1 Å². The van der Waals surface area contributed by atoms with Gasteiger partial charge < -0.3 is 25.4 Å². The van der Waals surface area contributed by atoms with Crippen LogP contribution in [0.2, 0.25) is 5.02 Å². The third-order valence-corrected chi connectivity index (χ3v) is 5.30. The topological polar surface area (TPSA) is 106 Å². The first kappa shape index (κ1) is 23.1. The van der Waals surface area contributed by atoms with Crippen molar-refractivity contribution in [2.45, 2.75) is 12.8 Å². The Bertz CT molecular complexity index is 1210. The number of ether oxygens (including phenoxy) is 2. The SMILES string of the molecule is O=C(CCCNC(=O)c1ccc(Cl)cc1)Nc1ccccc1C(=O)Nc1ccc2c(c1)OCO2. The molecule has 0 aromatic heterocycles. The van der Waals surface area contributed by atoms with E-state index in [2.05, 4.69) is 16.0 Å². The first-order valence-electron chi connectivity index (χ1n) is 10.6. The van der Waals surface area contributed by atoms with E-state index < -0.39 is 0 Å². The van der Waals surface area contributed by atoms with Gasteiger partial charge in [-0.2, -0.15) is 0 Å². The summed E-state index contributed by atoms with van der Waals surface area (Å²) in [5.41, 5.74) is 1.77. The molecule has 1 aliphatic heterocycles. The Morgan fingerprint density at radius 2 is 1.62 bits per heavy atom. The minimum Gasteiger partial charge on any atom is -0.454 e. The zero-order chi connectivity index (χ0) is 23.9. The van der Waals surface area contributed by atoms with Crippen molar-refractivity contribution in [1.29, 1.82) is 0 Å². The Morgan fingerprint density at radius 1 is 0.853 bits per heavy atom. The third-order valence-electron chi connectivity index (χ3n) is 5.05. The highest BCUT2D eigenvalue weighted by molar-refractivity contribution is 6.30. The van der Waals surface area contributed by atoms with Crippen molar-refractivity contribution >= 4 is 40.7 Å². The van der Waals surface area contributed by atoms with Crippen LogP contribution in [0.1, 0.15) is 33.6 Å². The number of amides is 3. The molecule has 0 fully saturated rings. The van der Waals surface area contributed by atoms with E-state index in [0.29, 0.717) is 52.0 Å². The van der Waals surface area contributed by atoms with Gasteiger partial charge in [-0.25, -0.2) is 0 Å². The van der Waals surface area contributed by atoms with Gasteiger partial charge in [-0.05, 0) is 55.0 Å². The van der Waals surface area contributed by atoms with Gasteiger partial charge in [0.2, 0.25) is 12.7 Å². The van der Waals surface area contributed by atoms with Crippen LogP contribution in [-0.2, 0) is 4.79 Å². The van der Waals surface area contributed by atoms with Crippen molar-refractivity contribution in [3.8, 4) is 11.5 Å². The van der Waals surface area contributed by atoms with Gasteiger partial charge in [0.15, 0.2) is 11.5 Å². The largest absolute Gasteiger partial charge is 0.454 e. The number of carbonyl (C=O) groups excluding carboxylic acids is 3. The maximum atomic E-state index is 12.8. The number of nitrogens with one attached hydrogen (secondary N) is 3. The molecular formula is C25H22ClN3O5. The second kappa shape index (κ2) is 10.7. The minimum absolute atomic E-state index is 0.145. The van der Waals surface area contributed by atoms with E-state index in [0.717, 1.165) is 0 Å². The van der Waals surface area contributed by atoms with Crippen LogP contribution in [0.5, 0.6) is 11.5 Å². The van der Waals surface area contributed by atoms with Crippen LogP contribution in [0, 0.1) is 0 Å². The quantitative estimate of drug-likeness (QED) is 0.413. The van der Waals surface area contributed by atoms with Gasteiger partial charge in [-0.1, -0.05) is 23.7 Å². The molecule has 1 aliphatic rings. The fourth-order valence-electron chi connectivity index (χ4n) is 3.33. The summed E-state index contributed by atoms with van der Waals surface area (Å²) in [6.07, 6.45) is 0.621. The molecule has 8 nitrogen and oxygen atoms in total. The number of halogens is 1. The number of benzene rings is 3. The summed E-state index contributed by atoms with van der Waals surface area (Å²) in [4.78, 5) is 37.4. The second-order valence-corrected chi connectivity index (χ2v) is 7.92. The predicted octanol–water partition coefficient (Wildman–Crippen LogP) is 4.47. The fourth-order valence-corrected chi connectivity index (χ4v) is 3.46. The van der Waals surface area contributed by atoms with Crippen molar-refractivity contribution in [1.82, 2.24) is 5.32 Å². The van der Waals surface area contributed by atoms with Gasteiger partial charge in [0.1, 0.15) is 0 Å². The van der Waals surface area contributed by atoms with Crippen molar-refractivity contribution < 1.29 is 23.9 Å². The normalized spacial score (nSPS) is 11.6. The molecule has 0 unspecified atom stereocenters. The highest BCUT2D eigenvalue weighted by Crippen LogP contribution is 2.34. The molecule has 3 amide bonds. The van der Waals surface area contributed by atoms with Gasteiger partial charge in [0, 0.05) is 35.3 Å². The molecule has 0 radical (unpaired) electrons. The standard InChI is InChI=1S/C25H22ClN3O5/c26-17-9-7-16(8-10-17)24(31)27-13-3-6-23(30)29-20-5-2-1-4-19(20)25(32)28-18-11-12-21-22(14-18)34-15-33-21/h1-2,4-5,7-12,14H,3,6,13,15H2,(H,27,31)(H,28,32)(H,29,30). The van der Waals surface area contributed by atoms with Crippen LogP contribution < -0.4 is 25.4 Å². The maximum Gasteiger partial charge on any atom is 0.257 e. The highest BCUT2D eigenvalue weighted by Gasteiger charge is 2.17. The van der Waals surface area contributed by atoms with E-state index in [1.165, 1.54) is 0 Å². The maximum absolute atomic E-state index is 12.8. The first-order chi connectivity index (χ1) is 16.5. The molecule has 3 aromatic rings. The van der Waals surface area contributed by atoms with Gasteiger partial charge in [0.25, 0.3) is 11.8 Å². The molecule has 9 heteroatoms. The van der Waals surface area contributed by atoms with E-state index in [1.807, 2.05) is 0 Å². The summed E-state index contributed by atoms with van der Waals surface area (Å²) < 4.78 is 10.6. The zero-order valence-electron chi connectivity index (χ0n) is 18.1. The summed E-state index contributed by atoms with van der Waals surface area (Å²) in [6.45, 7) is 0.480. The van der Waals surface area contributed by atoms with Gasteiger partial charge in [0.05, 0.1) is 11.3 Å². The molecule has 3 N–H and O–H groups in total. The fraction of sp³-hybridized carbons (Fsp3) is 0.160. The van der Waals surface area contributed by atoms with Gasteiger partial charge in [-0.15, -0.1) is 0 Å². The number of fused-ring (bicyclic) bond motifs is 1. The van der Waals surface area contributed by atoms with Crippen molar-refractivity contribution in [3.63, 3.8) is 0 Å². The van der Waals surface area contributed by atoms with Crippen LogP contribution in [0.25, 0.3) is 0 Å². The minimum atomic E-state index is -0.370. The first-order valence-corrected chi connectivity index (χ1v) is 11.0. The van der Waals surface area contributed by atoms with Crippen molar-refractivity contribution in [3.05, 3.63) is 82.9 Å². The van der Waals surface area contributed by atoms with Crippen LogP contribution in [0.4, 0.5) is 11.4 Å². The lowest BCUT2D eigenvalue weighted by Gasteiger charge is -2.12. The van der Waals surface area contributed by atoms with Crippen LogP contribution in [0.15, 0.2) is 66.7 Å².